The van der Waals surface area contributed by atoms with Crippen LogP contribution in [-0.4, -0.2) is 32.8 Å². The third kappa shape index (κ3) is 4.72. The van der Waals surface area contributed by atoms with Crippen LogP contribution < -0.4 is 10.0 Å². The van der Waals surface area contributed by atoms with Gasteiger partial charge in [-0.05, 0) is 38.1 Å². The zero-order valence-corrected chi connectivity index (χ0v) is 12.8. The van der Waals surface area contributed by atoms with Crippen LogP contribution >= 0.6 is 0 Å². The van der Waals surface area contributed by atoms with Crippen LogP contribution in [0.4, 0.5) is 0 Å². The van der Waals surface area contributed by atoms with Gasteiger partial charge in [-0.2, -0.15) is 0 Å². The average molecular weight is 288 g/mol. The Kier molecular flexibility index (Phi) is 5.66. The fraction of sp³-hybridized carbons (Fsp3) is 1.00. The summed E-state index contributed by atoms with van der Waals surface area (Å²) >= 11 is 0. The second-order valence-corrected chi connectivity index (χ2v) is 7.90. The van der Waals surface area contributed by atoms with Crippen LogP contribution in [0.3, 0.4) is 0 Å². The molecule has 0 spiro atoms. The molecule has 4 nitrogen and oxygen atoms in total. The van der Waals surface area contributed by atoms with E-state index in [1.54, 1.807) is 0 Å². The molecule has 1 saturated heterocycles. The molecule has 112 valence electrons. The van der Waals surface area contributed by atoms with Crippen LogP contribution in [0.2, 0.25) is 0 Å². The maximum absolute atomic E-state index is 12.3. The topological polar surface area (TPSA) is 58.2 Å². The summed E-state index contributed by atoms with van der Waals surface area (Å²) in [5.74, 6) is 0.780. The SMILES string of the molecule is CCC1CCCCC1NS(=O)(=O)CC1CCCCN1. The van der Waals surface area contributed by atoms with Gasteiger partial charge in [-0.1, -0.05) is 32.6 Å². The predicted molar refractivity (Wildman–Crippen MR) is 78.6 cm³/mol. The van der Waals surface area contributed by atoms with Crippen molar-refractivity contribution in [1.82, 2.24) is 10.0 Å². The summed E-state index contributed by atoms with van der Waals surface area (Å²) in [4.78, 5) is 0. The second kappa shape index (κ2) is 7.04. The molecule has 19 heavy (non-hydrogen) atoms. The summed E-state index contributed by atoms with van der Waals surface area (Å²) in [6.07, 6.45) is 8.98. The fourth-order valence-corrected chi connectivity index (χ4v) is 5.14. The number of nitrogens with one attached hydrogen (secondary N) is 2. The zero-order chi connectivity index (χ0) is 13.7. The van der Waals surface area contributed by atoms with Gasteiger partial charge in [0.25, 0.3) is 0 Å². The van der Waals surface area contributed by atoms with Gasteiger partial charge in [0.15, 0.2) is 0 Å². The van der Waals surface area contributed by atoms with E-state index in [1.165, 1.54) is 19.3 Å². The Labute approximate surface area is 117 Å². The fourth-order valence-electron chi connectivity index (χ4n) is 3.46. The summed E-state index contributed by atoms with van der Waals surface area (Å²) < 4.78 is 27.5. The number of sulfonamides is 1. The maximum atomic E-state index is 12.3. The van der Waals surface area contributed by atoms with E-state index in [9.17, 15) is 8.42 Å². The monoisotopic (exact) mass is 288 g/mol. The number of rotatable bonds is 5. The number of piperidine rings is 1. The minimum Gasteiger partial charge on any atom is -0.313 e. The molecule has 2 fully saturated rings. The maximum Gasteiger partial charge on any atom is 0.213 e. The van der Waals surface area contributed by atoms with Gasteiger partial charge in [-0.15, -0.1) is 0 Å². The molecule has 2 N–H and O–H groups in total. The van der Waals surface area contributed by atoms with Gasteiger partial charge >= 0.3 is 0 Å². The van der Waals surface area contributed by atoms with E-state index in [0.717, 1.165) is 38.6 Å². The molecule has 1 saturated carbocycles. The van der Waals surface area contributed by atoms with Crippen molar-refractivity contribution < 1.29 is 8.42 Å². The van der Waals surface area contributed by atoms with E-state index in [1.807, 2.05) is 0 Å². The Morgan fingerprint density at radius 1 is 1.11 bits per heavy atom. The van der Waals surface area contributed by atoms with Crippen molar-refractivity contribution in [2.75, 3.05) is 12.3 Å². The molecule has 0 aromatic rings. The van der Waals surface area contributed by atoms with Crippen molar-refractivity contribution in [3.05, 3.63) is 0 Å². The lowest BCUT2D eigenvalue weighted by Gasteiger charge is -2.32. The predicted octanol–water partition coefficient (Wildman–Crippen LogP) is 2.02. The molecule has 2 rings (SSSR count). The average Bonchev–Trinajstić information content (AvgIpc) is 2.39. The minimum atomic E-state index is -3.14. The van der Waals surface area contributed by atoms with E-state index in [0.29, 0.717) is 5.92 Å². The van der Waals surface area contributed by atoms with Crippen LogP contribution in [0, 0.1) is 5.92 Å². The molecule has 0 aromatic carbocycles. The van der Waals surface area contributed by atoms with Gasteiger partial charge in [0, 0.05) is 12.1 Å². The minimum absolute atomic E-state index is 0.148. The molecule has 1 aliphatic heterocycles. The molecule has 3 unspecified atom stereocenters. The van der Waals surface area contributed by atoms with Crippen molar-refractivity contribution in [2.45, 2.75) is 70.4 Å². The van der Waals surface area contributed by atoms with Gasteiger partial charge in [-0.25, -0.2) is 13.1 Å². The van der Waals surface area contributed by atoms with Gasteiger partial charge < -0.3 is 5.32 Å². The smallest absolute Gasteiger partial charge is 0.213 e. The molecule has 2 aliphatic rings. The van der Waals surface area contributed by atoms with Crippen molar-refractivity contribution in [1.29, 1.82) is 0 Å². The Balaban J connectivity index is 1.88. The van der Waals surface area contributed by atoms with E-state index >= 15 is 0 Å². The van der Waals surface area contributed by atoms with Crippen LogP contribution in [0.15, 0.2) is 0 Å². The highest BCUT2D eigenvalue weighted by atomic mass is 32.2. The van der Waals surface area contributed by atoms with Gasteiger partial charge in [0.2, 0.25) is 10.0 Å². The second-order valence-electron chi connectivity index (χ2n) is 6.11. The third-order valence-corrected chi connectivity index (χ3v) is 6.10. The molecule has 1 aliphatic carbocycles. The summed E-state index contributed by atoms with van der Waals surface area (Å²) in [5.41, 5.74) is 0. The van der Waals surface area contributed by atoms with Gasteiger partial charge in [-0.3, -0.25) is 0 Å². The van der Waals surface area contributed by atoms with Gasteiger partial charge in [0.1, 0.15) is 0 Å². The van der Waals surface area contributed by atoms with E-state index in [4.69, 9.17) is 0 Å². The number of hydrogen-bond acceptors (Lipinski definition) is 3. The van der Waals surface area contributed by atoms with Crippen molar-refractivity contribution >= 4 is 10.0 Å². The molecule has 0 amide bonds. The first-order valence-electron chi connectivity index (χ1n) is 7.84. The van der Waals surface area contributed by atoms with Crippen LogP contribution in [-0.2, 0) is 10.0 Å². The van der Waals surface area contributed by atoms with Crippen molar-refractivity contribution in [2.24, 2.45) is 5.92 Å². The normalized spacial score (nSPS) is 33.2. The Bertz CT molecular complexity index is 364. The first-order valence-corrected chi connectivity index (χ1v) is 9.49. The Morgan fingerprint density at radius 2 is 1.84 bits per heavy atom. The molecular formula is C14H28N2O2S. The third-order valence-electron chi connectivity index (χ3n) is 4.60. The van der Waals surface area contributed by atoms with Crippen molar-refractivity contribution in [3.8, 4) is 0 Å². The van der Waals surface area contributed by atoms with E-state index in [-0.39, 0.29) is 17.8 Å². The van der Waals surface area contributed by atoms with Crippen LogP contribution in [0.25, 0.3) is 0 Å². The largest absolute Gasteiger partial charge is 0.313 e. The molecule has 5 heteroatoms. The molecule has 3 atom stereocenters. The summed E-state index contributed by atoms with van der Waals surface area (Å²) in [7, 11) is -3.14. The first-order chi connectivity index (χ1) is 9.11. The highest BCUT2D eigenvalue weighted by Gasteiger charge is 2.29. The van der Waals surface area contributed by atoms with E-state index in [2.05, 4.69) is 17.0 Å². The molecule has 0 aromatic heterocycles. The first kappa shape index (κ1) is 15.3. The lowest BCUT2D eigenvalue weighted by molar-refractivity contribution is 0.281. The highest BCUT2D eigenvalue weighted by molar-refractivity contribution is 7.89. The molecular weight excluding hydrogens is 260 g/mol. The lowest BCUT2D eigenvalue weighted by Crippen LogP contribution is -2.47. The van der Waals surface area contributed by atoms with Crippen LogP contribution in [0.1, 0.15) is 58.3 Å². The standard InChI is InChI=1S/C14H28N2O2S/c1-2-12-7-3-4-9-14(12)16-19(17,18)11-13-8-5-6-10-15-13/h12-16H,2-11H2,1H3. The Morgan fingerprint density at radius 3 is 2.53 bits per heavy atom. The molecule has 0 radical (unpaired) electrons. The van der Waals surface area contributed by atoms with Crippen molar-refractivity contribution in [3.63, 3.8) is 0 Å². The quantitative estimate of drug-likeness (QED) is 0.813. The summed E-state index contributed by atoms with van der Waals surface area (Å²) in [5, 5.41) is 3.32. The van der Waals surface area contributed by atoms with Crippen LogP contribution in [0.5, 0.6) is 0 Å². The van der Waals surface area contributed by atoms with Gasteiger partial charge in [0.05, 0.1) is 5.75 Å². The molecule has 0 bridgehead atoms. The summed E-state index contributed by atoms with van der Waals surface area (Å²) in [6, 6.07) is 0.322. The summed E-state index contributed by atoms with van der Waals surface area (Å²) in [6.45, 7) is 3.13. The lowest BCUT2D eigenvalue weighted by atomic mass is 9.83. The molecule has 1 heterocycles. The zero-order valence-electron chi connectivity index (χ0n) is 12.0. The Hall–Kier alpha value is -0.130. The van der Waals surface area contributed by atoms with E-state index < -0.39 is 10.0 Å². The highest BCUT2D eigenvalue weighted by Crippen LogP contribution is 2.27. The number of hydrogen-bond donors (Lipinski definition) is 2.